The molecule has 20 heavy (non-hydrogen) atoms. The second kappa shape index (κ2) is 5.85. The zero-order chi connectivity index (χ0) is 14.9. The van der Waals surface area contributed by atoms with Crippen LogP contribution in [0.25, 0.3) is 0 Å². The van der Waals surface area contributed by atoms with Gasteiger partial charge in [-0.05, 0) is 44.9 Å². The minimum absolute atomic E-state index is 0.0583. The fourth-order valence-electron chi connectivity index (χ4n) is 2.82. The van der Waals surface area contributed by atoms with Crippen molar-refractivity contribution in [2.75, 3.05) is 5.73 Å². The van der Waals surface area contributed by atoms with Gasteiger partial charge < -0.3 is 10.5 Å². The lowest BCUT2D eigenvalue weighted by Crippen LogP contribution is -2.30. The molecule has 0 amide bonds. The molecule has 5 nitrogen and oxygen atoms in total. The van der Waals surface area contributed by atoms with Crippen molar-refractivity contribution in [3.63, 3.8) is 0 Å². The van der Waals surface area contributed by atoms with E-state index in [1.165, 1.54) is 0 Å². The molecular weight excluding hydrogens is 254 g/mol. The maximum absolute atomic E-state index is 12.0. The Morgan fingerprint density at radius 2 is 2.05 bits per heavy atom. The number of rotatable bonds is 3. The Morgan fingerprint density at radius 3 is 2.60 bits per heavy atom. The van der Waals surface area contributed by atoms with Crippen LogP contribution in [0.4, 0.5) is 5.69 Å². The van der Waals surface area contributed by atoms with Crippen LogP contribution < -0.4 is 5.73 Å². The van der Waals surface area contributed by atoms with E-state index in [1.807, 2.05) is 13.8 Å². The summed E-state index contributed by atoms with van der Waals surface area (Å²) in [5.74, 6) is 1.12. The molecule has 0 spiro atoms. The van der Waals surface area contributed by atoms with Crippen molar-refractivity contribution in [2.45, 2.75) is 59.6 Å². The Morgan fingerprint density at radius 1 is 1.35 bits per heavy atom. The fourth-order valence-corrected chi connectivity index (χ4v) is 2.82. The van der Waals surface area contributed by atoms with Gasteiger partial charge in [0.15, 0.2) is 0 Å². The first-order valence-corrected chi connectivity index (χ1v) is 7.37. The maximum Gasteiger partial charge on any atom is 0.328 e. The molecule has 3 atom stereocenters. The van der Waals surface area contributed by atoms with Crippen LogP contribution in [0.1, 0.15) is 44.5 Å². The van der Waals surface area contributed by atoms with Gasteiger partial charge >= 0.3 is 5.97 Å². The first kappa shape index (κ1) is 14.9. The molecule has 0 bridgehead atoms. The standard InChI is InChI=1S/C15H25N3O2/c1-9-5-6-13(7-10(9)2)20-14(19)8-18-12(4)15(16)11(3)17-18/h9-10,13H,5-8,16H2,1-4H3. The molecule has 112 valence electrons. The molecule has 1 aromatic heterocycles. The summed E-state index contributed by atoms with van der Waals surface area (Å²) >= 11 is 0. The van der Waals surface area contributed by atoms with Crippen molar-refractivity contribution in [3.05, 3.63) is 11.4 Å². The van der Waals surface area contributed by atoms with E-state index in [1.54, 1.807) is 4.68 Å². The summed E-state index contributed by atoms with van der Waals surface area (Å²) < 4.78 is 7.20. The highest BCUT2D eigenvalue weighted by molar-refractivity contribution is 5.69. The number of carbonyl (C=O) groups excluding carboxylic acids is 1. The first-order valence-electron chi connectivity index (χ1n) is 7.37. The van der Waals surface area contributed by atoms with E-state index in [2.05, 4.69) is 18.9 Å². The highest BCUT2D eigenvalue weighted by Crippen LogP contribution is 2.31. The van der Waals surface area contributed by atoms with Gasteiger partial charge in [-0.1, -0.05) is 13.8 Å². The smallest absolute Gasteiger partial charge is 0.328 e. The number of aryl methyl sites for hydroxylation is 1. The van der Waals surface area contributed by atoms with Gasteiger partial charge in [-0.25, -0.2) is 0 Å². The van der Waals surface area contributed by atoms with Crippen LogP contribution >= 0.6 is 0 Å². The van der Waals surface area contributed by atoms with Crippen LogP contribution in [0.5, 0.6) is 0 Å². The lowest BCUT2D eigenvalue weighted by atomic mass is 9.80. The van der Waals surface area contributed by atoms with Gasteiger partial charge in [0.2, 0.25) is 0 Å². The topological polar surface area (TPSA) is 70.1 Å². The molecule has 1 aromatic rings. The molecule has 0 aromatic carbocycles. The van der Waals surface area contributed by atoms with E-state index in [4.69, 9.17) is 10.5 Å². The predicted octanol–water partition coefficient (Wildman–Crippen LogP) is 2.45. The number of nitrogens with two attached hydrogens (primary N) is 1. The molecule has 1 aliphatic rings. The van der Waals surface area contributed by atoms with Crippen molar-refractivity contribution in [1.82, 2.24) is 9.78 Å². The summed E-state index contributed by atoms with van der Waals surface area (Å²) in [6.07, 6.45) is 3.12. The summed E-state index contributed by atoms with van der Waals surface area (Å²) in [5, 5.41) is 4.26. The molecular formula is C15H25N3O2. The van der Waals surface area contributed by atoms with Crippen molar-refractivity contribution in [3.8, 4) is 0 Å². The quantitative estimate of drug-likeness (QED) is 0.863. The van der Waals surface area contributed by atoms with Crippen LogP contribution in [0, 0.1) is 25.7 Å². The summed E-state index contributed by atoms with van der Waals surface area (Å²) in [5.41, 5.74) is 8.10. The van der Waals surface area contributed by atoms with E-state index >= 15 is 0 Å². The van der Waals surface area contributed by atoms with Gasteiger partial charge in [-0.2, -0.15) is 5.10 Å². The molecule has 3 unspecified atom stereocenters. The molecule has 0 aliphatic heterocycles. The lowest BCUT2D eigenvalue weighted by Gasteiger charge is -2.31. The molecule has 2 N–H and O–H groups in total. The summed E-state index contributed by atoms with van der Waals surface area (Å²) in [7, 11) is 0. The van der Waals surface area contributed by atoms with E-state index in [-0.39, 0.29) is 18.6 Å². The molecule has 1 fully saturated rings. The summed E-state index contributed by atoms with van der Waals surface area (Å²) in [6, 6.07) is 0. The number of nitrogen functional groups attached to an aromatic ring is 1. The first-order chi connectivity index (χ1) is 9.38. The number of aromatic nitrogens is 2. The molecule has 1 aliphatic carbocycles. The van der Waals surface area contributed by atoms with Crippen molar-refractivity contribution in [1.29, 1.82) is 0 Å². The van der Waals surface area contributed by atoms with Crippen LogP contribution in [0.3, 0.4) is 0 Å². The van der Waals surface area contributed by atoms with E-state index in [0.717, 1.165) is 36.6 Å². The highest BCUT2D eigenvalue weighted by atomic mass is 16.5. The van der Waals surface area contributed by atoms with Crippen molar-refractivity contribution in [2.24, 2.45) is 11.8 Å². The number of ether oxygens (including phenoxy) is 1. The lowest BCUT2D eigenvalue weighted by molar-refractivity contribution is -0.152. The fraction of sp³-hybridized carbons (Fsp3) is 0.733. The van der Waals surface area contributed by atoms with Crippen LogP contribution in [0.2, 0.25) is 0 Å². The van der Waals surface area contributed by atoms with Gasteiger partial charge in [0.25, 0.3) is 0 Å². The average molecular weight is 279 g/mol. The third-order valence-electron chi connectivity index (χ3n) is 4.56. The Hall–Kier alpha value is -1.52. The average Bonchev–Trinajstić information content (AvgIpc) is 2.61. The number of hydrogen-bond acceptors (Lipinski definition) is 4. The minimum Gasteiger partial charge on any atom is -0.461 e. The van der Waals surface area contributed by atoms with Crippen molar-refractivity contribution >= 4 is 11.7 Å². The largest absolute Gasteiger partial charge is 0.461 e. The second-order valence-corrected chi connectivity index (χ2v) is 6.12. The SMILES string of the molecule is Cc1nn(CC(=O)OC2CCC(C)C(C)C2)c(C)c1N. The van der Waals surface area contributed by atoms with Crippen molar-refractivity contribution < 1.29 is 9.53 Å². The predicted molar refractivity (Wildman–Crippen MR) is 78.2 cm³/mol. The minimum atomic E-state index is -0.220. The molecule has 0 saturated heterocycles. The third-order valence-corrected chi connectivity index (χ3v) is 4.56. The van der Waals surface area contributed by atoms with E-state index in [9.17, 15) is 4.79 Å². The number of carbonyl (C=O) groups is 1. The summed E-state index contributed by atoms with van der Waals surface area (Å²) in [4.78, 5) is 12.0. The summed E-state index contributed by atoms with van der Waals surface area (Å²) in [6.45, 7) is 8.35. The highest BCUT2D eigenvalue weighted by Gasteiger charge is 2.27. The van der Waals surface area contributed by atoms with Gasteiger partial charge in [-0.3, -0.25) is 9.48 Å². The Kier molecular flexibility index (Phi) is 4.35. The monoisotopic (exact) mass is 279 g/mol. The van der Waals surface area contributed by atoms with Gasteiger partial charge in [0.05, 0.1) is 17.1 Å². The number of nitrogens with zero attached hydrogens (tertiary/aromatic N) is 2. The molecule has 2 rings (SSSR count). The number of hydrogen-bond donors (Lipinski definition) is 1. The maximum atomic E-state index is 12.0. The van der Waals surface area contributed by atoms with Gasteiger partial charge in [0, 0.05) is 0 Å². The third kappa shape index (κ3) is 3.14. The normalized spacial score (nSPS) is 26.5. The molecule has 1 heterocycles. The Bertz CT molecular complexity index is 496. The van der Waals surface area contributed by atoms with E-state index in [0.29, 0.717) is 11.6 Å². The zero-order valence-corrected chi connectivity index (χ0v) is 12.8. The molecule has 1 saturated carbocycles. The van der Waals surface area contributed by atoms with Crippen LogP contribution in [-0.2, 0) is 16.1 Å². The Labute approximate surface area is 120 Å². The van der Waals surface area contributed by atoms with E-state index < -0.39 is 0 Å². The molecule has 5 heteroatoms. The van der Waals surface area contributed by atoms with Gasteiger partial charge in [-0.15, -0.1) is 0 Å². The van der Waals surface area contributed by atoms with Crippen LogP contribution in [-0.4, -0.2) is 21.9 Å². The Balaban J connectivity index is 1.91. The van der Waals surface area contributed by atoms with Gasteiger partial charge in [0.1, 0.15) is 12.6 Å². The molecule has 0 radical (unpaired) electrons. The number of anilines is 1. The zero-order valence-electron chi connectivity index (χ0n) is 12.8. The second-order valence-electron chi connectivity index (χ2n) is 6.12. The number of esters is 1. The van der Waals surface area contributed by atoms with Crippen LogP contribution in [0.15, 0.2) is 0 Å².